The fraction of sp³-hybridized carbons (Fsp3) is 0.417. The van der Waals surface area contributed by atoms with Crippen LogP contribution >= 0.6 is 11.8 Å². The Bertz CT molecular complexity index is 366. The molecule has 1 rings (SSSR count). The molecule has 0 aromatic heterocycles. The maximum Gasteiger partial charge on any atom is 0.250 e. The van der Waals surface area contributed by atoms with Crippen LogP contribution in [0.1, 0.15) is 36.5 Å². The molecule has 0 fully saturated rings. The second kappa shape index (κ2) is 6.43. The summed E-state index contributed by atoms with van der Waals surface area (Å²) < 4.78 is 0. The van der Waals surface area contributed by atoms with Crippen molar-refractivity contribution >= 4 is 23.4 Å². The minimum Gasteiger partial charge on any atom is -0.398 e. The number of hydrogen-bond donors (Lipinski definition) is 2. The largest absolute Gasteiger partial charge is 0.398 e. The first-order valence-corrected chi connectivity index (χ1v) is 6.46. The summed E-state index contributed by atoms with van der Waals surface area (Å²) in [7, 11) is 0. The molecule has 0 spiro atoms. The van der Waals surface area contributed by atoms with E-state index in [9.17, 15) is 4.79 Å². The molecule has 1 aromatic rings. The SMILES string of the molecule is CCCCCSc1ccc(N)c(C(N)=O)c1. The van der Waals surface area contributed by atoms with Crippen molar-refractivity contribution in [3.05, 3.63) is 23.8 Å². The normalized spacial score (nSPS) is 10.3. The van der Waals surface area contributed by atoms with E-state index in [0.29, 0.717) is 11.3 Å². The van der Waals surface area contributed by atoms with Gasteiger partial charge in [0.15, 0.2) is 0 Å². The first kappa shape index (κ1) is 12.9. The van der Waals surface area contributed by atoms with Crippen LogP contribution in [-0.4, -0.2) is 11.7 Å². The van der Waals surface area contributed by atoms with Crippen LogP contribution in [0.5, 0.6) is 0 Å². The Morgan fingerprint density at radius 3 is 2.75 bits per heavy atom. The maximum absolute atomic E-state index is 11.1. The van der Waals surface area contributed by atoms with Gasteiger partial charge in [-0.05, 0) is 30.4 Å². The van der Waals surface area contributed by atoms with E-state index in [1.165, 1.54) is 19.3 Å². The van der Waals surface area contributed by atoms with E-state index in [1.54, 1.807) is 23.9 Å². The van der Waals surface area contributed by atoms with Gasteiger partial charge in [-0.3, -0.25) is 4.79 Å². The predicted molar refractivity (Wildman–Crippen MR) is 69.6 cm³/mol. The Morgan fingerprint density at radius 1 is 1.38 bits per heavy atom. The van der Waals surface area contributed by atoms with Crippen molar-refractivity contribution in [1.82, 2.24) is 0 Å². The average Bonchev–Trinajstić information content (AvgIpc) is 2.26. The number of nitrogens with two attached hydrogens (primary N) is 2. The molecular formula is C12H18N2OS. The van der Waals surface area contributed by atoms with Crippen LogP contribution in [0.2, 0.25) is 0 Å². The molecule has 88 valence electrons. The van der Waals surface area contributed by atoms with Gasteiger partial charge in [0.2, 0.25) is 0 Å². The Balaban J connectivity index is 2.61. The summed E-state index contributed by atoms with van der Waals surface area (Å²) in [5, 5.41) is 0. The number of hydrogen-bond acceptors (Lipinski definition) is 3. The molecule has 0 saturated heterocycles. The molecule has 0 aliphatic heterocycles. The van der Waals surface area contributed by atoms with Crippen LogP contribution in [0, 0.1) is 0 Å². The first-order chi connectivity index (χ1) is 7.65. The van der Waals surface area contributed by atoms with Crippen LogP contribution in [0.15, 0.2) is 23.1 Å². The molecule has 0 atom stereocenters. The van der Waals surface area contributed by atoms with E-state index in [0.717, 1.165) is 10.6 Å². The molecule has 0 heterocycles. The zero-order chi connectivity index (χ0) is 12.0. The summed E-state index contributed by atoms with van der Waals surface area (Å²) in [6, 6.07) is 5.44. The lowest BCUT2D eigenvalue weighted by atomic mass is 10.2. The molecule has 0 bridgehead atoms. The summed E-state index contributed by atoms with van der Waals surface area (Å²) in [4.78, 5) is 12.1. The standard InChI is InChI=1S/C12H18N2OS/c1-2-3-4-7-16-9-5-6-11(13)10(8-9)12(14)15/h5-6,8H,2-4,7,13H2,1H3,(H2,14,15). The lowest BCUT2D eigenvalue weighted by Gasteiger charge is -2.05. The number of primary amides is 1. The van der Waals surface area contributed by atoms with Crippen molar-refractivity contribution in [2.75, 3.05) is 11.5 Å². The van der Waals surface area contributed by atoms with E-state index >= 15 is 0 Å². The van der Waals surface area contributed by atoms with E-state index < -0.39 is 5.91 Å². The fourth-order valence-electron chi connectivity index (χ4n) is 1.38. The molecule has 4 N–H and O–H groups in total. The topological polar surface area (TPSA) is 69.1 Å². The molecule has 16 heavy (non-hydrogen) atoms. The van der Waals surface area contributed by atoms with Gasteiger partial charge in [-0.1, -0.05) is 19.8 Å². The van der Waals surface area contributed by atoms with Crippen molar-refractivity contribution < 1.29 is 4.79 Å². The van der Waals surface area contributed by atoms with Gasteiger partial charge in [-0.15, -0.1) is 11.8 Å². The summed E-state index contributed by atoms with van der Waals surface area (Å²) in [6.07, 6.45) is 3.65. The Morgan fingerprint density at radius 2 is 2.12 bits per heavy atom. The highest BCUT2D eigenvalue weighted by Gasteiger charge is 2.06. The number of nitrogen functional groups attached to an aromatic ring is 1. The number of unbranched alkanes of at least 4 members (excludes halogenated alkanes) is 2. The molecular weight excluding hydrogens is 220 g/mol. The van der Waals surface area contributed by atoms with Crippen molar-refractivity contribution in [1.29, 1.82) is 0 Å². The third kappa shape index (κ3) is 3.77. The summed E-state index contributed by atoms with van der Waals surface area (Å²) >= 11 is 1.74. The van der Waals surface area contributed by atoms with Crippen LogP contribution < -0.4 is 11.5 Å². The highest BCUT2D eigenvalue weighted by Crippen LogP contribution is 2.23. The third-order valence-electron chi connectivity index (χ3n) is 2.31. The third-order valence-corrected chi connectivity index (χ3v) is 3.39. The number of benzene rings is 1. The maximum atomic E-state index is 11.1. The zero-order valence-corrected chi connectivity index (χ0v) is 10.3. The molecule has 4 heteroatoms. The minimum atomic E-state index is -0.464. The molecule has 3 nitrogen and oxygen atoms in total. The second-order valence-corrected chi connectivity index (χ2v) is 4.84. The summed E-state index contributed by atoms with van der Waals surface area (Å²) in [5.74, 6) is 0.601. The van der Waals surface area contributed by atoms with Crippen molar-refractivity contribution in [2.45, 2.75) is 31.1 Å². The van der Waals surface area contributed by atoms with E-state index in [2.05, 4.69) is 6.92 Å². The number of rotatable bonds is 6. The number of amides is 1. The number of carbonyl (C=O) groups excluding carboxylic acids is 1. The number of thioether (sulfide) groups is 1. The highest BCUT2D eigenvalue weighted by atomic mass is 32.2. The van der Waals surface area contributed by atoms with Crippen LogP contribution in [0.3, 0.4) is 0 Å². The van der Waals surface area contributed by atoms with Crippen LogP contribution in [0.4, 0.5) is 5.69 Å². The summed E-state index contributed by atoms with van der Waals surface area (Å²) in [6.45, 7) is 2.18. The molecule has 0 unspecified atom stereocenters. The van der Waals surface area contributed by atoms with E-state index in [1.807, 2.05) is 6.07 Å². The first-order valence-electron chi connectivity index (χ1n) is 5.47. The number of anilines is 1. The van der Waals surface area contributed by atoms with Gasteiger partial charge in [0, 0.05) is 10.6 Å². The van der Waals surface area contributed by atoms with Crippen molar-refractivity contribution in [2.24, 2.45) is 5.73 Å². The lowest BCUT2D eigenvalue weighted by Crippen LogP contribution is -2.13. The average molecular weight is 238 g/mol. The molecule has 1 aromatic carbocycles. The molecule has 0 saturated carbocycles. The number of carbonyl (C=O) groups is 1. The minimum absolute atomic E-state index is 0.417. The van der Waals surface area contributed by atoms with E-state index in [-0.39, 0.29) is 0 Å². The lowest BCUT2D eigenvalue weighted by molar-refractivity contribution is 0.100. The van der Waals surface area contributed by atoms with Gasteiger partial charge >= 0.3 is 0 Å². The van der Waals surface area contributed by atoms with E-state index in [4.69, 9.17) is 11.5 Å². The Labute approximate surface area is 101 Å². The van der Waals surface area contributed by atoms with Gasteiger partial charge in [0.05, 0.1) is 5.56 Å². The molecule has 0 aliphatic rings. The van der Waals surface area contributed by atoms with Gasteiger partial charge in [0.1, 0.15) is 0 Å². The zero-order valence-electron chi connectivity index (χ0n) is 9.53. The predicted octanol–water partition coefficient (Wildman–Crippen LogP) is 2.65. The smallest absolute Gasteiger partial charge is 0.250 e. The van der Waals surface area contributed by atoms with Gasteiger partial charge in [0.25, 0.3) is 5.91 Å². The monoisotopic (exact) mass is 238 g/mol. The Hall–Kier alpha value is -1.16. The van der Waals surface area contributed by atoms with Crippen molar-refractivity contribution in [3.8, 4) is 0 Å². The van der Waals surface area contributed by atoms with Crippen molar-refractivity contribution in [3.63, 3.8) is 0 Å². The second-order valence-electron chi connectivity index (χ2n) is 3.67. The molecule has 1 amide bonds. The fourth-order valence-corrected chi connectivity index (χ4v) is 2.33. The van der Waals surface area contributed by atoms with Gasteiger partial charge in [-0.25, -0.2) is 0 Å². The van der Waals surface area contributed by atoms with Crippen LogP contribution in [-0.2, 0) is 0 Å². The quantitative estimate of drug-likeness (QED) is 0.455. The molecule has 0 aliphatic carbocycles. The van der Waals surface area contributed by atoms with Crippen LogP contribution in [0.25, 0.3) is 0 Å². The van der Waals surface area contributed by atoms with Gasteiger partial charge in [-0.2, -0.15) is 0 Å². The molecule has 0 radical (unpaired) electrons. The summed E-state index contributed by atoms with van der Waals surface area (Å²) in [5.41, 5.74) is 11.8. The van der Waals surface area contributed by atoms with Gasteiger partial charge < -0.3 is 11.5 Å². The Kier molecular flexibility index (Phi) is 5.19. The highest BCUT2D eigenvalue weighted by molar-refractivity contribution is 7.99.